The van der Waals surface area contributed by atoms with Crippen LogP contribution in [0.3, 0.4) is 0 Å². The monoisotopic (exact) mass is 623 g/mol. The zero-order chi connectivity index (χ0) is 32.4. The summed E-state index contributed by atoms with van der Waals surface area (Å²) in [6, 6.07) is 7.14. The van der Waals surface area contributed by atoms with Crippen molar-refractivity contribution in [2.75, 3.05) is 25.2 Å². The number of benzene rings is 2. The Labute approximate surface area is 247 Å². The number of carbonyl (C=O) groups is 1. The molecule has 15 heteroatoms. The summed E-state index contributed by atoms with van der Waals surface area (Å²) < 4.78 is 92.5. The van der Waals surface area contributed by atoms with Crippen molar-refractivity contribution in [3.63, 3.8) is 0 Å². The van der Waals surface area contributed by atoms with Gasteiger partial charge in [0.1, 0.15) is 18.1 Å². The highest BCUT2D eigenvalue weighted by Gasteiger charge is 2.46. The predicted octanol–water partition coefficient (Wildman–Crippen LogP) is 6.09. The average Bonchev–Trinajstić information content (AvgIpc) is 2.96. The molecule has 0 radical (unpaired) electrons. The lowest BCUT2D eigenvalue weighted by atomic mass is 9.80. The SMILES string of the molecule is CC[C@]1(N)C[C@H](c2ncc(OCCOC)c(Cc3cc(C#N)cc(C(F)(F)F)c3)n2)c2cc(C(F)(F)F)ccc2N1C(=O)O. The van der Waals surface area contributed by atoms with Crippen LogP contribution in [0.1, 0.15) is 65.0 Å². The number of alkyl halides is 6. The van der Waals surface area contributed by atoms with Crippen LogP contribution in [-0.2, 0) is 23.5 Å². The highest BCUT2D eigenvalue weighted by Crippen LogP contribution is 2.47. The number of aromatic nitrogens is 2. The Morgan fingerprint density at radius 3 is 2.43 bits per heavy atom. The van der Waals surface area contributed by atoms with Gasteiger partial charge in [0.25, 0.3) is 0 Å². The van der Waals surface area contributed by atoms with E-state index in [1.165, 1.54) is 19.4 Å². The number of methoxy groups -OCH3 is 1. The largest absolute Gasteiger partial charge is 0.488 e. The Balaban J connectivity index is 1.89. The molecule has 0 spiro atoms. The maximum absolute atomic E-state index is 13.7. The Morgan fingerprint density at radius 1 is 1.14 bits per heavy atom. The third-order valence-corrected chi connectivity index (χ3v) is 7.30. The number of carboxylic acid groups (broad SMARTS) is 1. The molecule has 2 aromatic carbocycles. The van der Waals surface area contributed by atoms with Crippen LogP contribution >= 0.6 is 0 Å². The molecule has 3 N–H and O–H groups in total. The number of hydrogen-bond acceptors (Lipinski definition) is 7. The number of rotatable bonds is 8. The van der Waals surface area contributed by atoms with E-state index in [9.17, 15) is 41.5 Å². The topological polar surface area (TPSA) is 135 Å². The van der Waals surface area contributed by atoms with Crippen molar-refractivity contribution >= 4 is 11.8 Å². The Morgan fingerprint density at radius 2 is 1.84 bits per heavy atom. The molecule has 2 heterocycles. The predicted molar refractivity (Wildman–Crippen MR) is 144 cm³/mol. The lowest BCUT2D eigenvalue weighted by Crippen LogP contribution is -2.61. The molecular formula is C29H27F6N5O4. The number of nitriles is 1. The minimum absolute atomic E-state index is 0.0226. The maximum Gasteiger partial charge on any atom is 0.416 e. The first kappa shape index (κ1) is 32.5. The highest BCUT2D eigenvalue weighted by atomic mass is 19.4. The van der Waals surface area contributed by atoms with Crippen LogP contribution in [0.2, 0.25) is 0 Å². The summed E-state index contributed by atoms with van der Waals surface area (Å²) >= 11 is 0. The van der Waals surface area contributed by atoms with E-state index < -0.39 is 41.2 Å². The number of fused-ring (bicyclic) bond motifs is 1. The Hall–Kier alpha value is -4.42. The van der Waals surface area contributed by atoms with Crippen LogP contribution in [0.4, 0.5) is 36.8 Å². The van der Waals surface area contributed by atoms with E-state index >= 15 is 0 Å². The van der Waals surface area contributed by atoms with Crippen molar-refractivity contribution in [1.29, 1.82) is 5.26 Å². The van der Waals surface area contributed by atoms with E-state index in [1.54, 1.807) is 13.0 Å². The fraction of sp³-hybridized carbons (Fsp3) is 0.379. The van der Waals surface area contributed by atoms with E-state index in [0.717, 1.165) is 29.2 Å². The van der Waals surface area contributed by atoms with Gasteiger partial charge in [0.15, 0.2) is 5.75 Å². The fourth-order valence-corrected chi connectivity index (χ4v) is 5.12. The smallest absolute Gasteiger partial charge is 0.416 e. The van der Waals surface area contributed by atoms with Crippen LogP contribution in [-0.4, -0.2) is 47.2 Å². The molecule has 1 aliphatic rings. The van der Waals surface area contributed by atoms with Gasteiger partial charge >= 0.3 is 18.4 Å². The van der Waals surface area contributed by atoms with E-state index in [1.807, 2.05) is 0 Å². The molecule has 0 unspecified atom stereocenters. The molecule has 0 saturated heterocycles. The van der Waals surface area contributed by atoms with E-state index in [4.69, 9.17) is 15.2 Å². The first-order chi connectivity index (χ1) is 20.6. The molecule has 1 amide bonds. The summed E-state index contributed by atoms with van der Waals surface area (Å²) in [5, 5.41) is 19.3. The number of nitrogens with zero attached hydrogens (tertiary/aromatic N) is 4. The second-order valence-electron chi connectivity index (χ2n) is 10.2. The van der Waals surface area contributed by atoms with E-state index in [2.05, 4.69) is 9.97 Å². The normalized spacial score (nSPS) is 18.5. The van der Waals surface area contributed by atoms with Gasteiger partial charge in [-0.3, -0.25) is 4.90 Å². The standard InChI is InChI=1S/C29H27F6N5O4/c1-3-27(37)13-21(20-12-18(28(30,31)32)4-5-23(20)40(27)26(41)42)25-38-15-24(44-7-6-43-2)22(39-25)11-16-8-17(14-36)10-19(9-16)29(33,34)35/h4-5,8-10,12,15,21H,3,6-7,11,13,37H2,1-2H3,(H,41,42)/t21-,27+/m0/s1. The van der Waals surface area contributed by atoms with Gasteiger partial charge in [-0.1, -0.05) is 6.92 Å². The maximum atomic E-state index is 13.7. The van der Waals surface area contributed by atoms with Crippen molar-refractivity contribution < 1.29 is 45.7 Å². The van der Waals surface area contributed by atoms with Crippen molar-refractivity contribution in [2.24, 2.45) is 5.73 Å². The van der Waals surface area contributed by atoms with Gasteiger partial charge < -0.3 is 20.3 Å². The Bertz CT molecular complexity index is 1590. The number of nitrogens with two attached hydrogens (primary N) is 1. The minimum atomic E-state index is -4.75. The molecule has 0 aliphatic carbocycles. The molecule has 234 valence electrons. The van der Waals surface area contributed by atoms with Crippen LogP contribution in [0.5, 0.6) is 5.75 Å². The number of halogens is 6. The molecular weight excluding hydrogens is 596 g/mol. The number of hydrogen-bond donors (Lipinski definition) is 2. The van der Waals surface area contributed by atoms with E-state index in [-0.39, 0.29) is 72.1 Å². The zero-order valence-electron chi connectivity index (χ0n) is 23.5. The van der Waals surface area contributed by atoms with Gasteiger partial charge in [-0.2, -0.15) is 31.6 Å². The van der Waals surface area contributed by atoms with Crippen LogP contribution < -0.4 is 15.4 Å². The summed E-state index contributed by atoms with van der Waals surface area (Å²) in [6.45, 7) is 1.80. The second kappa shape index (κ2) is 12.3. The second-order valence-corrected chi connectivity index (χ2v) is 10.2. The zero-order valence-corrected chi connectivity index (χ0v) is 23.5. The molecule has 0 fully saturated rings. The molecule has 3 aromatic rings. The van der Waals surface area contributed by atoms with E-state index in [0.29, 0.717) is 6.07 Å². The molecule has 4 rings (SSSR count). The average molecular weight is 624 g/mol. The van der Waals surface area contributed by atoms with Crippen LogP contribution in [0, 0.1) is 11.3 Å². The lowest BCUT2D eigenvalue weighted by molar-refractivity contribution is -0.138. The summed E-state index contributed by atoms with van der Waals surface area (Å²) in [5.41, 5.74) is 2.70. The number of anilines is 1. The lowest BCUT2D eigenvalue weighted by Gasteiger charge is -2.46. The molecule has 0 bridgehead atoms. The quantitative estimate of drug-likeness (QED) is 0.228. The molecule has 0 saturated carbocycles. The van der Waals surface area contributed by atoms with Gasteiger partial charge in [0, 0.05) is 19.4 Å². The highest BCUT2D eigenvalue weighted by molar-refractivity contribution is 5.90. The number of ether oxygens (including phenoxy) is 2. The summed E-state index contributed by atoms with van der Waals surface area (Å²) in [5.74, 6) is -1.00. The van der Waals surface area contributed by atoms with Gasteiger partial charge in [-0.15, -0.1) is 0 Å². The van der Waals surface area contributed by atoms with Crippen molar-refractivity contribution in [3.05, 3.63) is 81.9 Å². The minimum Gasteiger partial charge on any atom is -0.488 e. The van der Waals surface area contributed by atoms with Crippen LogP contribution in [0.15, 0.2) is 42.6 Å². The van der Waals surface area contributed by atoms with Crippen molar-refractivity contribution in [1.82, 2.24) is 9.97 Å². The summed E-state index contributed by atoms with van der Waals surface area (Å²) in [6.07, 6.45) is -10.1. The summed E-state index contributed by atoms with van der Waals surface area (Å²) in [4.78, 5) is 21.9. The van der Waals surface area contributed by atoms with Crippen LogP contribution in [0.25, 0.3) is 0 Å². The first-order valence-electron chi connectivity index (χ1n) is 13.2. The molecule has 44 heavy (non-hydrogen) atoms. The summed E-state index contributed by atoms with van der Waals surface area (Å²) in [7, 11) is 1.43. The van der Waals surface area contributed by atoms with Gasteiger partial charge in [0.05, 0.1) is 46.9 Å². The Kier molecular flexibility index (Phi) is 9.08. The molecule has 9 nitrogen and oxygen atoms in total. The third kappa shape index (κ3) is 6.71. The van der Waals surface area contributed by atoms with Crippen molar-refractivity contribution in [2.45, 2.75) is 50.1 Å². The first-order valence-corrected chi connectivity index (χ1v) is 13.2. The van der Waals surface area contributed by atoms with Gasteiger partial charge in [-0.05, 0) is 60.4 Å². The molecule has 1 aromatic heterocycles. The molecule has 2 atom stereocenters. The van der Waals surface area contributed by atoms with Gasteiger partial charge in [0.2, 0.25) is 0 Å². The van der Waals surface area contributed by atoms with Crippen molar-refractivity contribution in [3.8, 4) is 11.8 Å². The number of amides is 1. The fourth-order valence-electron chi connectivity index (χ4n) is 5.12. The third-order valence-electron chi connectivity index (χ3n) is 7.30. The van der Waals surface area contributed by atoms with Gasteiger partial charge in [-0.25, -0.2) is 14.8 Å². The molecule has 1 aliphatic heterocycles.